The zero-order valence-electron chi connectivity index (χ0n) is 26.0. The molecule has 0 fully saturated rings. The summed E-state index contributed by atoms with van der Waals surface area (Å²) in [5.74, 6) is -7.22. The third-order valence-corrected chi connectivity index (χ3v) is 10.7. The quantitative estimate of drug-likeness (QED) is 0.128. The topological polar surface area (TPSA) is 101 Å². The lowest BCUT2D eigenvalue weighted by molar-refractivity contribution is -0.136. The number of nitrogens with one attached hydrogen (secondary N) is 1. The Morgan fingerprint density at radius 3 is 1.80 bits per heavy atom. The van der Waals surface area contributed by atoms with Crippen LogP contribution in [0.25, 0.3) is 31.7 Å². The van der Waals surface area contributed by atoms with Gasteiger partial charge in [0.1, 0.15) is 23.3 Å². The molecule has 6 aromatic rings. The molecule has 13 heteroatoms. The molecule has 7 nitrogen and oxygen atoms in total. The van der Waals surface area contributed by atoms with E-state index in [4.69, 9.17) is 0 Å². The van der Waals surface area contributed by atoms with Gasteiger partial charge in [0.25, 0.3) is 27.7 Å². The summed E-state index contributed by atoms with van der Waals surface area (Å²) in [4.78, 5) is 41.7. The van der Waals surface area contributed by atoms with Gasteiger partial charge in [-0.05, 0) is 77.2 Å². The van der Waals surface area contributed by atoms with E-state index in [9.17, 15) is 40.4 Å². The standard InChI is InChI=1S/C38H22F4N2O5S2/c39-25-11-15-28(30(41)18-25)34-35(29-16-12-26(40)19-31(29)42)38(47)44(37(34)46)20-21-5-7-23(8-6-21)36(45)43-51(48,49)27-13-9-22(10-14-27)33-17-24-3-1-2-4-32(24)50-33/h1-19H,20H2,(H,43,45). The van der Waals surface area contributed by atoms with Gasteiger partial charge < -0.3 is 0 Å². The van der Waals surface area contributed by atoms with Crippen molar-refractivity contribution in [1.29, 1.82) is 0 Å². The fraction of sp³-hybridized carbons (Fsp3) is 0.0263. The Balaban J connectivity index is 1.08. The average molecular weight is 727 g/mol. The van der Waals surface area contributed by atoms with Gasteiger partial charge in [-0.25, -0.2) is 30.7 Å². The number of amides is 3. The second-order valence-corrected chi connectivity index (χ2v) is 14.3. The molecule has 1 aromatic heterocycles. The first-order valence-corrected chi connectivity index (χ1v) is 17.5. The van der Waals surface area contributed by atoms with Crippen molar-refractivity contribution < 1.29 is 40.4 Å². The maximum atomic E-state index is 14.9. The van der Waals surface area contributed by atoms with Gasteiger partial charge >= 0.3 is 0 Å². The van der Waals surface area contributed by atoms with E-state index in [2.05, 4.69) is 0 Å². The minimum atomic E-state index is -4.26. The summed E-state index contributed by atoms with van der Waals surface area (Å²) in [7, 11) is -4.26. The summed E-state index contributed by atoms with van der Waals surface area (Å²) < 4.78 is 86.4. The van der Waals surface area contributed by atoms with Crippen LogP contribution >= 0.6 is 11.3 Å². The number of hydrogen-bond donors (Lipinski definition) is 1. The van der Waals surface area contributed by atoms with Crippen molar-refractivity contribution in [3.63, 3.8) is 0 Å². The first-order chi connectivity index (χ1) is 24.4. The molecule has 0 saturated heterocycles. The molecule has 0 unspecified atom stereocenters. The van der Waals surface area contributed by atoms with Gasteiger partial charge in [0.05, 0.1) is 22.6 Å². The summed E-state index contributed by atoms with van der Waals surface area (Å²) in [6.07, 6.45) is 0. The van der Waals surface area contributed by atoms with Crippen LogP contribution in [0, 0.1) is 23.3 Å². The van der Waals surface area contributed by atoms with E-state index in [1.54, 1.807) is 23.5 Å². The zero-order valence-corrected chi connectivity index (χ0v) is 27.6. The van der Waals surface area contributed by atoms with E-state index in [1.807, 2.05) is 35.1 Å². The van der Waals surface area contributed by atoms with Crippen molar-refractivity contribution in [1.82, 2.24) is 9.62 Å². The second kappa shape index (κ2) is 13.1. The normalized spacial score (nSPS) is 13.4. The molecular formula is C38H22F4N2O5S2. The van der Waals surface area contributed by atoms with E-state index < -0.39 is 79.8 Å². The van der Waals surface area contributed by atoms with E-state index in [1.165, 1.54) is 36.4 Å². The summed E-state index contributed by atoms with van der Waals surface area (Å²) in [6, 6.07) is 25.9. The molecule has 0 aliphatic carbocycles. The van der Waals surface area contributed by atoms with E-state index in [0.29, 0.717) is 22.6 Å². The molecule has 254 valence electrons. The molecule has 0 saturated carbocycles. The SMILES string of the molecule is O=C(NS(=O)(=O)c1ccc(-c2cc3ccccc3s2)cc1)c1ccc(CN2C(=O)C(c3ccc(F)cc3F)=C(c3ccc(F)cc3F)C2=O)cc1. The van der Waals surface area contributed by atoms with Gasteiger partial charge in [-0.15, -0.1) is 11.3 Å². The van der Waals surface area contributed by atoms with Gasteiger partial charge in [-0.1, -0.05) is 42.5 Å². The minimum absolute atomic E-state index is 0.0513. The van der Waals surface area contributed by atoms with Crippen molar-refractivity contribution in [3.05, 3.63) is 161 Å². The molecule has 0 spiro atoms. The Labute approximate surface area is 292 Å². The highest BCUT2D eigenvalue weighted by atomic mass is 32.2. The van der Waals surface area contributed by atoms with Crippen molar-refractivity contribution in [3.8, 4) is 10.4 Å². The Bertz CT molecular complexity index is 2440. The summed E-state index contributed by atoms with van der Waals surface area (Å²) >= 11 is 1.57. The van der Waals surface area contributed by atoms with E-state index in [-0.39, 0.29) is 10.5 Å². The van der Waals surface area contributed by atoms with Gasteiger partial charge in [0.2, 0.25) is 0 Å². The fourth-order valence-electron chi connectivity index (χ4n) is 5.71. The summed E-state index contributed by atoms with van der Waals surface area (Å²) in [5, 5.41) is 1.07. The number of sulfonamides is 1. The number of hydrogen-bond acceptors (Lipinski definition) is 6. The van der Waals surface area contributed by atoms with Crippen LogP contribution in [0.2, 0.25) is 0 Å². The van der Waals surface area contributed by atoms with Crippen molar-refractivity contribution in [2.75, 3.05) is 0 Å². The van der Waals surface area contributed by atoms with Crippen molar-refractivity contribution in [2.24, 2.45) is 0 Å². The van der Waals surface area contributed by atoms with Crippen LogP contribution in [0.15, 0.2) is 120 Å². The lowest BCUT2D eigenvalue weighted by atomic mass is 9.95. The molecule has 5 aromatic carbocycles. The lowest BCUT2D eigenvalue weighted by Crippen LogP contribution is -2.31. The number of carbonyl (C=O) groups is 3. The van der Waals surface area contributed by atoms with Gasteiger partial charge in [-0.2, -0.15) is 0 Å². The van der Waals surface area contributed by atoms with E-state index >= 15 is 0 Å². The van der Waals surface area contributed by atoms with Crippen LogP contribution in [0.3, 0.4) is 0 Å². The Kier molecular flexibility index (Phi) is 8.61. The monoisotopic (exact) mass is 726 g/mol. The van der Waals surface area contributed by atoms with Gasteiger partial charge in [-0.3, -0.25) is 19.3 Å². The molecule has 3 amide bonds. The molecule has 7 rings (SSSR count). The second-order valence-electron chi connectivity index (χ2n) is 11.5. The Hall–Kier alpha value is -5.92. The minimum Gasteiger partial charge on any atom is -0.270 e. The third kappa shape index (κ3) is 6.44. The fourth-order valence-corrected chi connectivity index (χ4v) is 7.75. The largest absolute Gasteiger partial charge is 0.270 e. The predicted octanol–water partition coefficient (Wildman–Crippen LogP) is 7.72. The first-order valence-electron chi connectivity index (χ1n) is 15.2. The van der Waals surface area contributed by atoms with Gasteiger partial charge in [0, 0.05) is 38.4 Å². The highest BCUT2D eigenvalue weighted by Crippen LogP contribution is 2.39. The van der Waals surface area contributed by atoms with Crippen LogP contribution < -0.4 is 4.72 Å². The highest BCUT2D eigenvalue weighted by Gasteiger charge is 2.41. The maximum Gasteiger partial charge on any atom is 0.264 e. The summed E-state index contributed by atoms with van der Waals surface area (Å²) in [6.45, 7) is -0.414. The summed E-state index contributed by atoms with van der Waals surface area (Å²) in [5.41, 5.74) is -0.940. The molecule has 1 aliphatic rings. The van der Waals surface area contributed by atoms with Crippen LogP contribution in [0.5, 0.6) is 0 Å². The van der Waals surface area contributed by atoms with Gasteiger partial charge in [0.15, 0.2) is 0 Å². The number of benzene rings is 5. The van der Waals surface area contributed by atoms with Crippen molar-refractivity contribution in [2.45, 2.75) is 11.4 Å². The van der Waals surface area contributed by atoms with Crippen LogP contribution in [0.4, 0.5) is 17.6 Å². The number of halogens is 4. The smallest absolute Gasteiger partial charge is 0.264 e. The number of imide groups is 1. The van der Waals surface area contributed by atoms with Crippen LogP contribution in [0.1, 0.15) is 27.0 Å². The predicted molar refractivity (Wildman–Crippen MR) is 183 cm³/mol. The Morgan fingerprint density at radius 1 is 0.686 bits per heavy atom. The van der Waals surface area contributed by atoms with Crippen molar-refractivity contribution >= 4 is 60.3 Å². The molecule has 51 heavy (non-hydrogen) atoms. The highest BCUT2D eigenvalue weighted by molar-refractivity contribution is 7.90. The molecule has 0 bridgehead atoms. The molecule has 1 N–H and O–H groups in total. The third-order valence-electron chi connectivity index (χ3n) is 8.23. The molecular weight excluding hydrogens is 705 g/mol. The lowest BCUT2D eigenvalue weighted by Gasteiger charge is -2.16. The molecule has 2 heterocycles. The number of rotatable bonds is 8. The van der Waals surface area contributed by atoms with Crippen LogP contribution in [-0.2, 0) is 26.2 Å². The number of carbonyl (C=O) groups excluding carboxylic acids is 3. The molecule has 0 atom stereocenters. The maximum absolute atomic E-state index is 14.9. The number of thiophene rings is 1. The number of fused-ring (bicyclic) bond motifs is 1. The van der Waals surface area contributed by atoms with E-state index in [0.717, 1.165) is 44.8 Å². The molecule has 0 radical (unpaired) electrons. The Morgan fingerprint density at radius 2 is 1.25 bits per heavy atom. The molecule has 1 aliphatic heterocycles. The zero-order chi connectivity index (χ0) is 36.0. The van der Waals surface area contributed by atoms with Crippen LogP contribution in [-0.4, -0.2) is 31.0 Å². The average Bonchev–Trinajstić information content (AvgIpc) is 3.64. The first kappa shape index (κ1) is 33.6. The number of nitrogens with zero attached hydrogens (tertiary/aromatic N) is 1.